The van der Waals surface area contributed by atoms with E-state index in [0.29, 0.717) is 44.5 Å². The van der Waals surface area contributed by atoms with Gasteiger partial charge < -0.3 is 10.0 Å². The Morgan fingerprint density at radius 3 is 2.70 bits per heavy atom. The van der Waals surface area contributed by atoms with Gasteiger partial charge in [-0.05, 0) is 61.1 Å². The monoisotopic (exact) mass is 429 g/mol. The van der Waals surface area contributed by atoms with Crippen LogP contribution in [0.25, 0.3) is 0 Å². The molecule has 1 aliphatic heterocycles. The molecule has 0 saturated carbocycles. The Bertz CT molecular complexity index is 1050. The van der Waals surface area contributed by atoms with E-state index in [1.807, 2.05) is 32.2 Å². The summed E-state index contributed by atoms with van der Waals surface area (Å²) in [6, 6.07) is 8.79. The molecular formula is C22H27N3O4S. The van der Waals surface area contributed by atoms with E-state index in [-0.39, 0.29) is 10.9 Å². The Morgan fingerprint density at radius 2 is 2.03 bits per heavy atom. The summed E-state index contributed by atoms with van der Waals surface area (Å²) in [6.45, 7) is 5.49. The minimum atomic E-state index is -3.71. The number of aryl methyl sites for hydroxylation is 2. The van der Waals surface area contributed by atoms with Crippen molar-refractivity contribution in [2.75, 3.05) is 24.5 Å². The van der Waals surface area contributed by atoms with Crippen molar-refractivity contribution in [2.24, 2.45) is 0 Å². The predicted molar refractivity (Wildman–Crippen MR) is 114 cm³/mol. The molecule has 1 aliphatic carbocycles. The average molecular weight is 430 g/mol. The lowest BCUT2D eigenvalue weighted by atomic mass is 10.0. The van der Waals surface area contributed by atoms with E-state index < -0.39 is 21.9 Å². The topological polar surface area (TPSA) is 90.8 Å². The number of aliphatic carboxylic acids is 1. The summed E-state index contributed by atoms with van der Waals surface area (Å²) < 4.78 is 28.5. The van der Waals surface area contributed by atoms with Crippen LogP contribution in [0.2, 0.25) is 0 Å². The van der Waals surface area contributed by atoms with Gasteiger partial charge in [0.05, 0.1) is 10.8 Å². The number of sulfonamides is 1. The number of rotatable bonds is 5. The van der Waals surface area contributed by atoms with Gasteiger partial charge in [-0.15, -0.1) is 0 Å². The highest BCUT2D eigenvalue weighted by Gasteiger charge is 2.37. The molecule has 2 heterocycles. The van der Waals surface area contributed by atoms with E-state index in [0.717, 1.165) is 16.9 Å². The van der Waals surface area contributed by atoms with Gasteiger partial charge in [0.1, 0.15) is 5.82 Å². The summed E-state index contributed by atoms with van der Waals surface area (Å²) in [5, 5.41) is 9.47. The molecule has 0 amide bonds. The number of hydrogen-bond donors (Lipinski definition) is 1. The number of piperazine rings is 1. The standard InChI is InChI=1S/C22H27N3O4S/c1-3-17-14-24(21-9-4-15(2)13-23-21)10-11-25(17)30(28,29)18-7-5-16-6-8-19(22(26)27)20(16)12-18/h4-5,7,9,12-13,17,19H,3,6,8,10-11,14H2,1-2H3,(H,26,27). The van der Waals surface area contributed by atoms with E-state index in [2.05, 4.69) is 9.88 Å². The minimum absolute atomic E-state index is 0.171. The molecular weight excluding hydrogens is 402 g/mol. The SMILES string of the molecule is CCC1CN(c2ccc(C)cn2)CCN1S(=O)(=O)c1ccc2c(c1)C(C(=O)O)CC2. The summed E-state index contributed by atoms with van der Waals surface area (Å²) in [7, 11) is -3.71. The number of carboxylic acids is 1. The fraction of sp³-hybridized carbons (Fsp3) is 0.455. The molecule has 2 aliphatic rings. The molecule has 8 heteroatoms. The number of benzene rings is 1. The zero-order valence-electron chi connectivity index (χ0n) is 17.3. The van der Waals surface area contributed by atoms with Crippen LogP contribution in [0.1, 0.15) is 42.4 Å². The van der Waals surface area contributed by atoms with Crippen molar-refractivity contribution in [3.8, 4) is 0 Å². The van der Waals surface area contributed by atoms with Crippen molar-refractivity contribution in [2.45, 2.75) is 50.0 Å². The highest BCUT2D eigenvalue weighted by Crippen LogP contribution is 2.36. The van der Waals surface area contributed by atoms with Gasteiger partial charge in [-0.1, -0.05) is 19.1 Å². The zero-order chi connectivity index (χ0) is 21.5. The Kier molecular flexibility index (Phi) is 5.55. The predicted octanol–water partition coefficient (Wildman–Crippen LogP) is 2.79. The summed E-state index contributed by atoms with van der Waals surface area (Å²) in [4.78, 5) is 18.3. The first kappa shape index (κ1) is 20.8. The van der Waals surface area contributed by atoms with E-state index >= 15 is 0 Å². The second-order valence-corrected chi connectivity index (χ2v) is 10.00. The maximum Gasteiger partial charge on any atom is 0.310 e. The molecule has 7 nitrogen and oxygen atoms in total. The Labute approximate surface area is 177 Å². The van der Waals surface area contributed by atoms with E-state index in [4.69, 9.17) is 0 Å². The van der Waals surface area contributed by atoms with Gasteiger partial charge in [-0.2, -0.15) is 4.31 Å². The molecule has 2 aromatic rings. The number of nitrogens with zero attached hydrogens (tertiary/aromatic N) is 3. The van der Waals surface area contributed by atoms with Crippen molar-refractivity contribution in [1.29, 1.82) is 0 Å². The summed E-state index contributed by atoms with van der Waals surface area (Å²) >= 11 is 0. The molecule has 1 fully saturated rings. The van der Waals surface area contributed by atoms with Crippen LogP contribution in [0, 0.1) is 6.92 Å². The second-order valence-electron chi connectivity index (χ2n) is 8.11. The van der Waals surface area contributed by atoms with Gasteiger partial charge in [0.2, 0.25) is 10.0 Å². The van der Waals surface area contributed by atoms with Crippen molar-refractivity contribution in [1.82, 2.24) is 9.29 Å². The van der Waals surface area contributed by atoms with Crippen LogP contribution in [0.15, 0.2) is 41.4 Å². The van der Waals surface area contributed by atoms with E-state index in [1.165, 1.54) is 0 Å². The molecule has 30 heavy (non-hydrogen) atoms. The first-order valence-corrected chi connectivity index (χ1v) is 11.8. The number of hydrogen-bond acceptors (Lipinski definition) is 5. The number of aromatic nitrogens is 1. The van der Waals surface area contributed by atoms with Crippen LogP contribution in [0.3, 0.4) is 0 Å². The summed E-state index contributed by atoms with van der Waals surface area (Å²) in [6.07, 6.45) is 3.70. The molecule has 1 saturated heterocycles. The third kappa shape index (κ3) is 3.70. The lowest BCUT2D eigenvalue weighted by molar-refractivity contribution is -0.138. The third-order valence-electron chi connectivity index (χ3n) is 6.22. The molecule has 1 aromatic heterocycles. The van der Waals surface area contributed by atoms with Crippen LogP contribution in [0.4, 0.5) is 5.82 Å². The number of fused-ring (bicyclic) bond motifs is 1. The zero-order valence-corrected chi connectivity index (χ0v) is 18.1. The van der Waals surface area contributed by atoms with Crippen LogP contribution < -0.4 is 4.90 Å². The van der Waals surface area contributed by atoms with E-state index in [9.17, 15) is 18.3 Å². The van der Waals surface area contributed by atoms with Gasteiger partial charge in [0.15, 0.2) is 0 Å². The lowest BCUT2D eigenvalue weighted by Gasteiger charge is -2.40. The molecule has 160 valence electrons. The largest absolute Gasteiger partial charge is 0.481 e. The Balaban J connectivity index is 1.59. The first-order chi connectivity index (χ1) is 14.3. The van der Waals surface area contributed by atoms with Crippen molar-refractivity contribution >= 4 is 21.8 Å². The number of pyridine rings is 1. The molecule has 0 spiro atoms. The fourth-order valence-electron chi connectivity index (χ4n) is 4.48. The normalized spacial score (nSPS) is 22.1. The second kappa shape index (κ2) is 8.00. The van der Waals surface area contributed by atoms with Crippen LogP contribution in [-0.2, 0) is 21.2 Å². The summed E-state index contributed by atoms with van der Waals surface area (Å²) in [5.41, 5.74) is 2.66. The van der Waals surface area contributed by atoms with Gasteiger partial charge >= 0.3 is 5.97 Å². The van der Waals surface area contributed by atoms with Gasteiger partial charge in [0.25, 0.3) is 0 Å². The molecule has 0 bridgehead atoms. The third-order valence-corrected chi connectivity index (χ3v) is 8.17. The van der Waals surface area contributed by atoms with Gasteiger partial charge in [-0.25, -0.2) is 13.4 Å². The highest BCUT2D eigenvalue weighted by atomic mass is 32.2. The molecule has 1 N–H and O–H groups in total. The van der Waals surface area contributed by atoms with E-state index in [1.54, 1.807) is 22.5 Å². The molecule has 0 radical (unpaired) electrons. The van der Waals surface area contributed by atoms with Crippen LogP contribution >= 0.6 is 0 Å². The number of carboxylic acid groups (broad SMARTS) is 1. The molecule has 2 atom stereocenters. The highest BCUT2D eigenvalue weighted by molar-refractivity contribution is 7.89. The van der Waals surface area contributed by atoms with Crippen LogP contribution in [0.5, 0.6) is 0 Å². The Hall–Kier alpha value is -2.45. The number of carbonyl (C=O) groups is 1. The molecule has 4 rings (SSSR count). The quantitative estimate of drug-likeness (QED) is 0.786. The number of anilines is 1. The first-order valence-electron chi connectivity index (χ1n) is 10.4. The lowest BCUT2D eigenvalue weighted by Crippen LogP contribution is -2.55. The average Bonchev–Trinajstić information content (AvgIpc) is 3.17. The minimum Gasteiger partial charge on any atom is -0.481 e. The fourth-order valence-corrected chi connectivity index (χ4v) is 6.19. The summed E-state index contributed by atoms with van der Waals surface area (Å²) in [5.74, 6) is -0.659. The van der Waals surface area contributed by atoms with Crippen LogP contribution in [-0.4, -0.2) is 54.5 Å². The van der Waals surface area contributed by atoms with Crippen molar-refractivity contribution in [3.05, 3.63) is 53.2 Å². The smallest absolute Gasteiger partial charge is 0.310 e. The van der Waals surface area contributed by atoms with Gasteiger partial charge in [-0.3, -0.25) is 4.79 Å². The maximum atomic E-state index is 13.5. The molecule has 2 unspecified atom stereocenters. The van der Waals surface area contributed by atoms with Gasteiger partial charge in [0, 0.05) is 31.9 Å². The Morgan fingerprint density at radius 1 is 1.23 bits per heavy atom. The maximum absolute atomic E-state index is 13.5. The molecule has 1 aromatic carbocycles. The van der Waals surface area contributed by atoms with Crippen molar-refractivity contribution in [3.63, 3.8) is 0 Å². The van der Waals surface area contributed by atoms with Crippen molar-refractivity contribution < 1.29 is 18.3 Å².